The van der Waals surface area contributed by atoms with Crippen LogP contribution in [0, 0.1) is 0 Å². The van der Waals surface area contributed by atoms with E-state index in [0.717, 1.165) is 17.9 Å². The standard InChI is InChI=1S/C12H16ClNO/c1-10(14(2)7-4-8-15)11-5-3-6-12(13)9-11/h3,5-6,8-10H,4,7H2,1-2H3. The Hall–Kier alpha value is -0.860. The highest BCUT2D eigenvalue weighted by Gasteiger charge is 2.10. The first-order chi connectivity index (χ1) is 7.15. The molecule has 0 N–H and O–H groups in total. The highest BCUT2D eigenvalue weighted by atomic mass is 35.5. The molecule has 0 aliphatic heterocycles. The lowest BCUT2D eigenvalue weighted by molar-refractivity contribution is -0.108. The molecule has 0 amide bonds. The second-order valence-corrected chi connectivity index (χ2v) is 4.10. The van der Waals surface area contributed by atoms with E-state index in [0.29, 0.717) is 6.42 Å². The van der Waals surface area contributed by atoms with Crippen molar-refractivity contribution in [2.45, 2.75) is 19.4 Å². The summed E-state index contributed by atoms with van der Waals surface area (Å²) in [4.78, 5) is 12.4. The maximum Gasteiger partial charge on any atom is 0.121 e. The lowest BCUT2D eigenvalue weighted by Crippen LogP contribution is -2.23. The van der Waals surface area contributed by atoms with Gasteiger partial charge in [-0.1, -0.05) is 23.7 Å². The van der Waals surface area contributed by atoms with Gasteiger partial charge in [0.2, 0.25) is 0 Å². The molecule has 82 valence electrons. The summed E-state index contributed by atoms with van der Waals surface area (Å²) in [6.45, 7) is 2.88. The molecule has 0 aromatic heterocycles. The molecule has 0 fully saturated rings. The first kappa shape index (κ1) is 12.2. The fraction of sp³-hybridized carbons (Fsp3) is 0.417. The quantitative estimate of drug-likeness (QED) is 0.719. The zero-order valence-electron chi connectivity index (χ0n) is 9.11. The van der Waals surface area contributed by atoms with Crippen LogP contribution in [0.15, 0.2) is 24.3 Å². The van der Waals surface area contributed by atoms with Crippen molar-refractivity contribution in [2.24, 2.45) is 0 Å². The summed E-state index contributed by atoms with van der Waals surface area (Å²) in [6.07, 6.45) is 1.52. The summed E-state index contributed by atoms with van der Waals surface area (Å²) in [5.74, 6) is 0. The third-order valence-corrected chi connectivity index (χ3v) is 2.83. The van der Waals surface area contributed by atoms with Gasteiger partial charge in [-0.3, -0.25) is 4.90 Å². The molecule has 1 atom stereocenters. The number of benzene rings is 1. The van der Waals surface area contributed by atoms with Crippen molar-refractivity contribution in [1.29, 1.82) is 0 Å². The molecule has 0 saturated carbocycles. The van der Waals surface area contributed by atoms with E-state index in [1.807, 2.05) is 31.3 Å². The molecule has 1 aromatic rings. The highest BCUT2D eigenvalue weighted by molar-refractivity contribution is 6.30. The molecule has 0 aliphatic carbocycles. The number of carbonyl (C=O) groups excluding carboxylic acids is 1. The van der Waals surface area contributed by atoms with E-state index in [1.54, 1.807) is 0 Å². The van der Waals surface area contributed by atoms with Gasteiger partial charge >= 0.3 is 0 Å². The van der Waals surface area contributed by atoms with Gasteiger partial charge in [-0.2, -0.15) is 0 Å². The summed E-state index contributed by atoms with van der Waals surface area (Å²) in [5, 5.41) is 0.753. The highest BCUT2D eigenvalue weighted by Crippen LogP contribution is 2.21. The van der Waals surface area contributed by atoms with Crippen molar-refractivity contribution >= 4 is 17.9 Å². The van der Waals surface area contributed by atoms with Crippen LogP contribution in [0.5, 0.6) is 0 Å². The first-order valence-corrected chi connectivity index (χ1v) is 5.42. The van der Waals surface area contributed by atoms with E-state index in [2.05, 4.69) is 11.8 Å². The third kappa shape index (κ3) is 3.65. The van der Waals surface area contributed by atoms with E-state index < -0.39 is 0 Å². The molecule has 1 rings (SSSR count). The maximum atomic E-state index is 10.3. The van der Waals surface area contributed by atoms with Crippen LogP contribution in [-0.2, 0) is 4.79 Å². The number of aldehydes is 1. The Kier molecular flexibility index (Phi) is 4.79. The summed E-state index contributed by atoms with van der Waals surface area (Å²) < 4.78 is 0. The fourth-order valence-corrected chi connectivity index (χ4v) is 1.67. The van der Waals surface area contributed by atoms with Gasteiger partial charge in [-0.15, -0.1) is 0 Å². The van der Waals surface area contributed by atoms with Gasteiger partial charge in [0.15, 0.2) is 0 Å². The summed E-state index contributed by atoms with van der Waals surface area (Å²) >= 11 is 5.92. The van der Waals surface area contributed by atoms with Gasteiger partial charge in [0.05, 0.1) is 0 Å². The van der Waals surface area contributed by atoms with E-state index in [1.165, 1.54) is 5.56 Å². The number of hydrogen-bond donors (Lipinski definition) is 0. The molecular formula is C12H16ClNO. The molecule has 0 radical (unpaired) electrons. The second kappa shape index (κ2) is 5.89. The Morgan fingerprint density at radius 2 is 2.27 bits per heavy atom. The van der Waals surface area contributed by atoms with E-state index in [-0.39, 0.29) is 6.04 Å². The predicted molar refractivity (Wildman–Crippen MR) is 63.2 cm³/mol. The molecule has 0 bridgehead atoms. The topological polar surface area (TPSA) is 20.3 Å². The van der Waals surface area contributed by atoms with Gasteiger partial charge in [-0.05, 0) is 31.7 Å². The van der Waals surface area contributed by atoms with Crippen LogP contribution in [0.1, 0.15) is 24.9 Å². The number of carbonyl (C=O) groups is 1. The van der Waals surface area contributed by atoms with Gasteiger partial charge in [-0.25, -0.2) is 0 Å². The van der Waals surface area contributed by atoms with Crippen molar-refractivity contribution in [3.8, 4) is 0 Å². The van der Waals surface area contributed by atoms with E-state index in [4.69, 9.17) is 11.6 Å². The Morgan fingerprint density at radius 1 is 1.53 bits per heavy atom. The van der Waals surface area contributed by atoms with Gasteiger partial charge in [0, 0.05) is 24.0 Å². The van der Waals surface area contributed by atoms with Crippen molar-refractivity contribution in [2.75, 3.05) is 13.6 Å². The smallest absolute Gasteiger partial charge is 0.121 e. The Bertz CT molecular complexity index is 327. The first-order valence-electron chi connectivity index (χ1n) is 5.04. The van der Waals surface area contributed by atoms with Crippen LogP contribution in [-0.4, -0.2) is 24.8 Å². The molecule has 0 spiro atoms. The minimum absolute atomic E-state index is 0.281. The summed E-state index contributed by atoms with van der Waals surface area (Å²) in [7, 11) is 2.01. The average Bonchev–Trinajstić information content (AvgIpc) is 2.24. The van der Waals surface area contributed by atoms with Crippen molar-refractivity contribution < 1.29 is 4.79 Å². The van der Waals surface area contributed by atoms with E-state index in [9.17, 15) is 4.79 Å². The van der Waals surface area contributed by atoms with Crippen molar-refractivity contribution in [1.82, 2.24) is 4.90 Å². The van der Waals surface area contributed by atoms with Gasteiger partial charge < -0.3 is 4.79 Å². The Morgan fingerprint density at radius 3 is 2.87 bits per heavy atom. The van der Waals surface area contributed by atoms with Crippen LogP contribution in [0.25, 0.3) is 0 Å². The minimum Gasteiger partial charge on any atom is -0.303 e. The lowest BCUT2D eigenvalue weighted by Gasteiger charge is -2.24. The Balaban J connectivity index is 2.66. The average molecular weight is 226 g/mol. The zero-order valence-corrected chi connectivity index (χ0v) is 9.87. The van der Waals surface area contributed by atoms with E-state index >= 15 is 0 Å². The van der Waals surface area contributed by atoms with Crippen LogP contribution < -0.4 is 0 Å². The molecule has 2 nitrogen and oxygen atoms in total. The van der Waals surface area contributed by atoms with Crippen LogP contribution in [0.3, 0.4) is 0 Å². The van der Waals surface area contributed by atoms with Crippen LogP contribution in [0.4, 0.5) is 0 Å². The monoisotopic (exact) mass is 225 g/mol. The molecular weight excluding hydrogens is 210 g/mol. The number of hydrogen-bond acceptors (Lipinski definition) is 2. The lowest BCUT2D eigenvalue weighted by atomic mass is 10.1. The van der Waals surface area contributed by atoms with Crippen LogP contribution in [0.2, 0.25) is 5.02 Å². The second-order valence-electron chi connectivity index (χ2n) is 3.67. The molecule has 1 unspecified atom stereocenters. The minimum atomic E-state index is 0.281. The predicted octanol–water partition coefficient (Wildman–Crippen LogP) is 2.92. The number of nitrogens with zero attached hydrogens (tertiary/aromatic N) is 1. The number of halogens is 1. The van der Waals surface area contributed by atoms with Crippen LogP contribution >= 0.6 is 11.6 Å². The largest absolute Gasteiger partial charge is 0.303 e. The zero-order chi connectivity index (χ0) is 11.3. The number of rotatable bonds is 5. The molecule has 15 heavy (non-hydrogen) atoms. The molecule has 0 aliphatic rings. The molecule has 3 heteroatoms. The summed E-state index contributed by atoms with van der Waals surface area (Å²) in [6, 6.07) is 8.10. The van der Waals surface area contributed by atoms with Crippen molar-refractivity contribution in [3.05, 3.63) is 34.9 Å². The third-order valence-electron chi connectivity index (χ3n) is 2.59. The van der Waals surface area contributed by atoms with Gasteiger partial charge in [0.25, 0.3) is 0 Å². The molecule has 0 heterocycles. The summed E-state index contributed by atoms with van der Waals surface area (Å²) in [5.41, 5.74) is 1.18. The fourth-order valence-electron chi connectivity index (χ4n) is 1.47. The van der Waals surface area contributed by atoms with Crippen molar-refractivity contribution in [3.63, 3.8) is 0 Å². The Labute approximate surface area is 95.8 Å². The van der Waals surface area contributed by atoms with Gasteiger partial charge in [0.1, 0.15) is 6.29 Å². The SMILES string of the molecule is CC(c1cccc(Cl)c1)N(C)CCC=O. The molecule has 0 saturated heterocycles. The normalized spacial score (nSPS) is 12.8. The maximum absolute atomic E-state index is 10.3. The molecule has 1 aromatic carbocycles.